The first-order valence-corrected chi connectivity index (χ1v) is 10.5. The Kier molecular flexibility index (Phi) is 6.02. The van der Waals surface area contributed by atoms with Crippen LogP contribution in [0.15, 0.2) is 47.4 Å². The van der Waals surface area contributed by atoms with E-state index in [4.69, 9.17) is 23.2 Å². The number of aromatic nitrogens is 1. The molecule has 1 aromatic heterocycles. The monoisotopic (exact) mass is 455 g/mol. The van der Waals surface area contributed by atoms with Crippen molar-refractivity contribution in [2.75, 3.05) is 6.54 Å². The Balaban J connectivity index is 1.73. The molecule has 2 amide bonds. The Labute approximate surface area is 175 Å². The zero-order chi connectivity index (χ0) is 21.2. The number of carboxylic acids is 1. The second-order valence-corrected chi connectivity index (χ2v) is 8.54. The minimum atomic E-state index is -4.01. The van der Waals surface area contributed by atoms with E-state index in [1.807, 2.05) is 4.72 Å². The Bertz CT molecular complexity index is 1190. The number of rotatable bonds is 6. The third-order valence-corrected chi connectivity index (χ3v) is 5.94. The van der Waals surface area contributed by atoms with E-state index in [1.165, 1.54) is 30.3 Å². The predicted octanol–water partition coefficient (Wildman–Crippen LogP) is 3.40. The number of carboxylic acid groups (broad SMARTS) is 1. The normalized spacial score (nSPS) is 11.4. The molecule has 152 valence electrons. The largest absolute Gasteiger partial charge is 0.477 e. The summed E-state index contributed by atoms with van der Waals surface area (Å²) in [6.07, 6.45) is 0.0990. The average Bonchev–Trinajstić information content (AvgIpc) is 3.01. The molecule has 0 aliphatic carbocycles. The van der Waals surface area contributed by atoms with Crippen LogP contribution < -0.4 is 10.0 Å². The zero-order valence-electron chi connectivity index (χ0n) is 14.7. The van der Waals surface area contributed by atoms with Gasteiger partial charge in [0.25, 0.3) is 10.0 Å². The van der Waals surface area contributed by atoms with Crippen molar-refractivity contribution in [3.05, 3.63) is 63.8 Å². The summed E-state index contributed by atoms with van der Waals surface area (Å²) < 4.78 is 26.2. The fraction of sp³-hybridized carbons (Fsp3) is 0.111. The van der Waals surface area contributed by atoms with Crippen LogP contribution in [0.4, 0.5) is 4.79 Å². The maximum Gasteiger partial charge on any atom is 0.352 e. The summed E-state index contributed by atoms with van der Waals surface area (Å²) in [5.74, 6) is -1.19. The topological polar surface area (TPSA) is 128 Å². The van der Waals surface area contributed by atoms with Gasteiger partial charge >= 0.3 is 12.0 Å². The van der Waals surface area contributed by atoms with Crippen LogP contribution in [0.5, 0.6) is 0 Å². The number of aromatic amines is 1. The lowest BCUT2D eigenvalue weighted by atomic mass is 10.1. The molecular formula is C18H15Cl2N3O5S. The first kappa shape index (κ1) is 21.0. The fourth-order valence-corrected chi connectivity index (χ4v) is 4.42. The van der Waals surface area contributed by atoms with Crippen molar-refractivity contribution in [1.82, 2.24) is 15.0 Å². The Hall–Kier alpha value is -2.75. The van der Waals surface area contributed by atoms with Crippen LogP contribution in [-0.4, -0.2) is 37.1 Å². The Morgan fingerprint density at radius 3 is 2.45 bits per heavy atom. The molecule has 3 rings (SSSR count). The maximum absolute atomic E-state index is 12.1. The average molecular weight is 456 g/mol. The first-order valence-electron chi connectivity index (χ1n) is 8.27. The maximum atomic E-state index is 12.1. The van der Waals surface area contributed by atoms with Crippen LogP contribution in [0.3, 0.4) is 0 Å². The van der Waals surface area contributed by atoms with Gasteiger partial charge in [0.1, 0.15) is 5.69 Å². The molecule has 3 aromatic rings. The van der Waals surface area contributed by atoms with E-state index in [2.05, 4.69) is 10.3 Å². The van der Waals surface area contributed by atoms with Crippen molar-refractivity contribution < 1.29 is 23.1 Å². The van der Waals surface area contributed by atoms with E-state index in [0.717, 1.165) is 0 Å². The molecule has 0 radical (unpaired) electrons. The predicted molar refractivity (Wildman–Crippen MR) is 109 cm³/mol. The number of benzene rings is 2. The molecule has 2 aromatic carbocycles. The molecule has 0 unspecified atom stereocenters. The number of nitrogens with one attached hydrogen (secondary N) is 3. The van der Waals surface area contributed by atoms with Crippen molar-refractivity contribution in [3.63, 3.8) is 0 Å². The summed E-state index contributed by atoms with van der Waals surface area (Å²) in [7, 11) is -4.01. The fourth-order valence-electron chi connectivity index (χ4n) is 2.86. The summed E-state index contributed by atoms with van der Waals surface area (Å²) in [6.45, 7) is -0.0255. The van der Waals surface area contributed by atoms with Crippen molar-refractivity contribution in [2.24, 2.45) is 0 Å². The number of aromatic carboxylic acids is 1. The molecule has 4 N–H and O–H groups in total. The van der Waals surface area contributed by atoms with E-state index in [1.54, 1.807) is 12.1 Å². The summed E-state index contributed by atoms with van der Waals surface area (Å²) >= 11 is 12.2. The SMILES string of the molecule is O=C(NCCc1c(C(=O)O)[nH]c2cc(Cl)cc(Cl)c12)NS(=O)(=O)c1ccccc1. The molecule has 11 heteroatoms. The second kappa shape index (κ2) is 8.32. The van der Waals surface area contributed by atoms with E-state index in [-0.39, 0.29) is 28.6 Å². The number of carbonyl (C=O) groups is 2. The Morgan fingerprint density at radius 2 is 1.79 bits per heavy atom. The minimum absolute atomic E-state index is 0.0255. The Morgan fingerprint density at radius 1 is 1.10 bits per heavy atom. The summed E-state index contributed by atoms with van der Waals surface area (Å²) in [4.78, 5) is 26.2. The third kappa shape index (κ3) is 4.64. The lowest BCUT2D eigenvalue weighted by Crippen LogP contribution is -2.40. The molecule has 0 aliphatic rings. The number of fused-ring (bicyclic) bond motifs is 1. The molecule has 0 atom stereocenters. The van der Waals surface area contributed by atoms with Crippen LogP contribution >= 0.6 is 23.2 Å². The number of urea groups is 1. The van der Waals surface area contributed by atoms with Gasteiger partial charge in [0.2, 0.25) is 0 Å². The summed E-state index contributed by atoms with van der Waals surface area (Å²) in [6, 6.07) is 9.53. The highest BCUT2D eigenvalue weighted by Gasteiger charge is 2.21. The van der Waals surface area contributed by atoms with Gasteiger partial charge in [-0.05, 0) is 36.2 Å². The highest BCUT2D eigenvalue weighted by atomic mass is 35.5. The number of hydrogen-bond acceptors (Lipinski definition) is 4. The van der Waals surface area contributed by atoms with Crippen LogP contribution in [0, 0.1) is 0 Å². The molecule has 0 saturated carbocycles. The van der Waals surface area contributed by atoms with Gasteiger partial charge in [-0.25, -0.2) is 22.7 Å². The third-order valence-electron chi connectivity index (χ3n) is 4.07. The summed E-state index contributed by atoms with van der Waals surface area (Å²) in [5, 5.41) is 12.9. The van der Waals surface area contributed by atoms with Gasteiger partial charge < -0.3 is 15.4 Å². The zero-order valence-corrected chi connectivity index (χ0v) is 17.0. The molecular weight excluding hydrogens is 441 g/mol. The van der Waals surface area contributed by atoms with Gasteiger partial charge in [0, 0.05) is 22.5 Å². The van der Waals surface area contributed by atoms with Crippen molar-refractivity contribution in [3.8, 4) is 0 Å². The van der Waals surface area contributed by atoms with E-state index in [9.17, 15) is 23.1 Å². The lowest BCUT2D eigenvalue weighted by Gasteiger charge is -2.09. The smallest absolute Gasteiger partial charge is 0.352 e. The van der Waals surface area contributed by atoms with Crippen molar-refractivity contribution in [1.29, 1.82) is 0 Å². The number of sulfonamides is 1. The number of carbonyl (C=O) groups excluding carboxylic acids is 1. The standard InChI is InChI=1S/C18H15Cl2N3O5S/c19-10-8-13(20)15-12(16(17(24)25)22-14(15)9-10)6-7-21-18(26)23-29(27,28)11-4-2-1-3-5-11/h1-5,8-9,22H,6-7H2,(H,24,25)(H2,21,23,26). The highest BCUT2D eigenvalue weighted by Crippen LogP contribution is 2.32. The van der Waals surface area contributed by atoms with E-state index < -0.39 is 22.0 Å². The minimum Gasteiger partial charge on any atom is -0.477 e. The van der Waals surface area contributed by atoms with Crippen LogP contribution in [0.2, 0.25) is 10.0 Å². The van der Waals surface area contributed by atoms with Crippen molar-refractivity contribution >= 4 is 56.1 Å². The first-order chi connectivity index (χ1) is 13.7. The van der Waals surface area contributed by atoms with Gasteiger partial charge in [-0.2, -0.15) is 0 Å². The molecule has 0 spiro atoms. The summed E-state index contributed by atoms with van der Waals surface area (Å²) in [5.41, 5.74) is 0.745. The number of H-pyrrole nitrogens is 1. The van der Waals surface area contributed by atoms with Crippen LogP contribution in [0.1, 0.15) is 16.1 Å². The molecule has 0 bridgehead atoms. The van der Waals surface area contributed by atoms with Crippen molar-refractivity contribution in [2.45, 2.75) is 11.3 Å². The van der Waals surface area contributed by atoms with Gasteiger partial charge in [-0.3, -0.25) is 0 Å². The molecule has 29 heavy (non-hydrogen) atoms. The van der Waals surface area contributed by atoms with Gasteiger partial charge in [-0.1, -0.05) is 41.4 Å². The molecule has 0 fully saturated rings. The number of hydrogen-bond donors (Lipinski definition) is 4. The highest BCUT2D eigenvalue weighted by molar-refractivity contribution is 7.90. The number of halogens is 2. The quantitative estimate of drug-likeness (QED) is 0.452. The van der Waals surface area contributed by atoms with Gasteiger partial charge in [-0.15, -0.1) is 0 Å². The molecule has 1 heterocycles. The van der Waals surface area contributed by atoms with E-state index >= 15 is 0 Å². The molecule has 0 aliphatic heterocycles. The van der Waals surface area contributed by atoms with Crippen LogP contribution in [-0.2, 0) is 16.4 Å². The van der Waals surface area contributed by atoms with Crippen LogP contribution in [0.25, 0.3) is 10.9 Å². The lowest BCUT2D eigenvalue weighted by molar-refractivity contribution is 0.0690. The molecule has 0 saturated heterocycles. The van der Waals surface area contributed by atoms with Gasteiger partial charge in [0.15, 0.2) is 0 Å². The van der Waals surface area contributed by atoms with Gasteiger partial charge in [0.05, 0.1) is 9.92 Å². The second-order valence-electron chi connectivity index (χ2n) is 6.02. The number of amides is 2. The van der Waals surface area contributed by atoms with E-state index in [0.29, 0.717) is 21.5 Å². The molecule has 8 nitrogen and oxygen atoms in total.